The molecule has 3 rings (SSSR count). The molecule has 1 saturated heterocycles. The van der Waals surface area contributed by atoms with Crippen molar-refractivity contribution in [2.24, 2.45) is 0 Å². The van der Waals surface area contributed by atoms with E-state index in [1.807, 2.05) is 13.8 Å². The Kier molecular flexibility index (Phi) is 4.53. The number of H-pyrrole nitrogens is 1. The summed E-state index contributed by atoms with van der Waals surface area (Å²) in [7, 11) is 0. The van der Waals surface area contributed by atoms with Crippen molar-refractivity contribution in [2.75, 3.05) is 13.1 Å². The van der Waals surface area contributed by atoms with Crippen molar-refractivity contribution in [2.45, 2.75) is 39.0 Å². The molecule has 1 aliphatic heterocycles. The standard InChI is InChI=1S/C17H21N3O4/c1-11-9-19(10-12(2)24-11)15(21)7-8-20-17(23)14-6-4-3-5-13(14)16(22)18-20/h3-6,11-12H,7-10H2,1-2H3,(H,18,22). The number of nitrogens with one attached hydrogen (secondary N) is 1. The Morgan fingerprint density at radius 2 is 1.79 bits per heavy atom. The maximum Gasteiger partial charge on any atom is 0.273 e. The number of carbonyl (C=O) groups is 1. The lowest BCUT2D eigenvalue weighted by Gasteiger charge is -2.35. The zero-order valence-electron chi connectivity index (χ0n) is 13.8. The van der Waals surface area contributed by atoms with Crippen LogP contribution in [0, 0.1) is 0 Å². The molecule has 24 heavy (non-hydrogen) atoms. The topological polar surface area (TPSA) is 84.4 Å². The quantitative estimate of drug-likeness (QED) is 0.898. The molecule has 2 heterocycles. The summed E-state index contributed by atoms with van der Waals surface area (Å²) in [6.07, 6.45) is 0.162. The highest BCUT2D eigenvalue weighted by Crippen LogP contribution is 2.12. The van der Waals surface area contributed by atoms with Gasteiger partial charge in [-0.3, -0.25) is 19.5 Å². The maximum absolute atomic E-state index is 12.4. The van der Waals surface area contributed by atoms with Crippen LogP contribution in [0.25, 0.3) is 10.8 Å². The normalized spacial score (nSPS) is 21.2. The summed E-state index contributed by atoms with van der Waals surface area (Å²) < 4.78 is 6.83. The van der Waals surface area contributed by atoms with Crippen LogP contribution in [0.1, 0.15) is 20.3 Å². The minimum Gasteiger partial charge on any atom is -0.372 e. The Bertz CT molecular complexity index is 860. The van der Waals surface area contributed by atoms with E-state index in [0.717, 1.165) is 0 Å². The molecule has 0 aliphatic carbocycles. The van der Waals surface area contributed by atoms with Crippen molar-refractivity contribution in [1.29, 1.82) is 0 Å². The lowest BCUT2D eigenvalue weighted by Crippen LogP contribution is -2.48. The van der Waals surface area contributed by atoms with Gasteiger partial charge >= 0.3 is 0 Å². The fourth-order valence-corrected chi connectivity index (χ4v) is 3.15. The molecule has 1 aliphatic rings. The number of carbonyl (C=O) groups excluding carboxylic acids is 1. The summed E-state index contributed by atoms with van der Waals surface area (Å²) in [5.74, 6) is -0.0436. The van der Waals surface area contributed by atoms with Gasteiger partial charge in [-0.25, -0.2) is 4.68 Å². The van der Waals surface area contributed by atoms with E-state index in [0.29, 0.717) is 23.9 Å². The SMILES string of the molecule is CC1CN(C(=O)CCn2[nH]c(=O)c3ccccc3c2=O)CC(C)O1. The third-order valence-corrected chi connectivity index (χ3v) is 4.21. The molecule has 1 N–H and O–H groups in total. The number of ether oxygens (including phenoxy) is 1. The van der Waals surface area contributed by atoms with Crippen molar-refractivity contribution in [3.05, 3.63) is 45.0 Å². The molecule has 1 aromatic heterocycles. The second kappa shape index (κ2) is 6.60. The predicted molar refractivity (Wildman–Crippen MR) is 90.0 cm³/mol. The van der Waals surface area contributed by atoms with Gasteiger partial charge in [0.1, 0.15) is 0 Å². The lowest BCUT2D eigenvalue weighted by atomic mass is 10.2. The number of hydrogen-bond donors (Lipinski definition) is 1. The van der Waals surface area contributed by atoms with Gasteiger partial charge in [-0.2, -0.15) is 0 Å². The molecule has 0 bridgehead atoms. The van der Waals surface area contributed by atoms with Crippen LogP contribution in [0.4, 0.5) is 0 Å². The van der Waals surface area contributed by atoms with Crippen molar-refractivity contribution in [3.63, 3.8) is 0 Å². The fraction of sp³-hybridized carbons (Fsp3) is 0.471. The molecule has 7 nitrogen and oxygen atoms in total. The first-order chi connectivity index (χ1) is 11.5. The Balaban J connectivity index is 1.76. The Labute approximate surface area is 138 Å². The summed E-state index contributed by atoms with van der Waals surface area (Å²) in [4.78, 5) is 38.6. The van der Waals surface area contributed by atoms with E-state index < -0.39 is 0 Å². The number of morpholine rings is 1. The largest absolute Gasteiger partial charge is 0.372 e. The second-order valence-corrected chi connectivity index (χ2v) is 6.25. The molecule has 2 unspecified atom stereocenters. The van der Waals surface area contributed by atoms with Gasteiger partial charge in [0.05, 0.1) is 29.5 Å². The van der Waals surface area contributed by atoms with Gasteiger partial charge in [0.15, 0.2) is 0 Å². The van der Waals surface area contributed by atoms with Crippen molar-refractivity contribution < 1.29 is 9.53 Å². The molecular formula is C17H21N3O4. The van der Waals surface area contributed by atoms with E-state index in [9.17, 15) is 14.4 Å². The molecule has 1 fully saturated rings. The fourth-order valence-electron chi connectivity index (χ4n) is 3.15. The first-order valence-electron chi connectivity index (χ1n) is 8.11. The van der Waals surface area contributed by atoms with Crippen molar-refractivity contribution in [1.82, 2.24) is 14.7 Å². The zero-order valence-corrected chi connectivity index (χ0v) is 13.8. The molecule has 2 atom stereocenters. The molecule has 0 saturated carbocycles. The van der Waals surface area contributed by atoms with Gasteiger partial charge in [-0.15, -0.1) is 0 Å². The van der Waals surface area contributed by atoms with Crippen LogP contribution >= 0.6 is 0 Å². The lowest BCUT2D eigenvalue weighted by molar-refractivity contribution is -0.143. The third-order valence-electron chi connectivity index (χ3n) is 4.21. The third kappa shape index (κ3) is 3.26. The molecule has 0 spiro atoms. The molecule has 1 aromatic carbocycles. The average Bonchev–Trinajstić information content (AvgIpc) is 2.55. The first-order valence-corrected chi connectivity index (χ1v) is 8.11. The van der Waals surface area contributed by atoms with Gasteiger partial charge in [0.2, 0.25) is 5.91 Å². The van der Waals surface area contributed by atoms with Gasteiger partial charge in [-0.05, 0) is 26.0 Å². The van der Waals surface area contributed by atoms with Crippen molar-refractivity contribution >= 4 is 16.7 Å². The van der Waals surface area contributed by atoms with Gasteiger partial charge in [0.25, 0.3) is 11.1 Å². The van der Waals surface area contributed by atoms with E-state index in [4.69, 9.17) is 4.74 Å². The average molecular weight is 331 g/mol. The molecular weight excluding hydrogens is 310 g/mol. The van der Waals surface area contributed by atoms with Crippen molar-refractivity contribution in [3.8, 4) is 0 Å². The summed E-state index contributed by atoms with van der Waals surface area (Å²) in [5, 5.41) is 3.27. The van der Waals surface area contributed by atoms with Gasteiger partial charge in [0, 0.05) is 19.5 Å². The number of benzene rings is 1. The number of rotatable bonds is 3. The van der Waals surface area contributed by atoms with E-state index in [2.05, 4.69) is 5.10 Å². The zero-order chi connectivity index (χ0) is 17.3. The van der Waals surface area contributed by atoms with E-state index in [1.165, 1.54) is 4.68 Å². The maximum atomic E-state index is 12.4. The summed E-state index contributed by atoms with van der Waals surface area (Å²) >= 11 is 0. The summed E-state index contributed by atoms with van der Waals surface area (Å²) in [6.45, 7) is 5.11. The van der Waals surface area contributed by atoms with Crippen LogP contribution in [0.15, 0.2) is 33.9 Å². The monoisotopic (exact) mass is 331 g/mol. The minimum atomic E-state index is -0.328. The Morgan fingerprint density at radius 1 is 1.17 bits per heavy atom. The first kappa shape index (κ1) is 16.4. The smallest absolute Gasteiger partial charge is 0.273 e. The van der Waals surface area contributed by atoms with Crippen LogP contribution in [0.5, 0.6) is 0 Å². The van der Waals surface area contributed by atoms with Crippen LogP contribution in [-0.4, -0.2) is 45.9 Å². The highest BCUT2D eigenvalue weighted by molar-refractivity contribution is 5.80. The number of nitrogens with zero attached hydrogens (tertiary/aromatic N) is 2. The van der Waals surface area contributed by atoms with Gasteiger partial charge < -0.3 is 9.64 Å². The Hall–Kier alpha value is -2.41. The molecule has 128 valence electrons. The molecule has 2 aromatic rings. The molecule has 1 amide bonds. The van der Waals surface area contributed by atoms with Crippen LogP contribution in [-0.2, 0) is 16.1 Å². The second-order valence-electron chi connectivity index (χ2n) is 6.25. The highest BCUT2D eigenvalue weighted by atomic mass is 16.5. The van der Waals surface area contributed by atoms with E-state index in [-0.39, 0.29) is 42.2 Å². The van der Waals surface area contributed by atoms with Crippen LogP contribution < -0.4 is 11.1 Å². The minimum absolute atomic E-state index is 0.000832. The highest BCUT2D eigenvalue weighted by Gasteiger charge is 2.25. The number of aromatic nitrogens is 2. The Morgan fingerprint density at radius 3 is 2.46 bits per heavy atom. The number of fused-ring (bicyclic) bond motifs is 1. The number of aryl methyl sites for hydroxylation is 1. The molecule has 0 radical (unpaired) electrons. The summed E-state index contributed by atoms with van der Waals surface area (Å²) in [5.41, 5.74) is -0.618. The molecule has 7 heteroatoms. The predicted octanol–water partition coefficient (Wildman–Crippen LogP) is 0.716. The number of aromatic amines is 1. The number of amides is 1. The van der Waals surface area contributed by atoms with Gasteiger partial charge in [-0.1, -0.05) is 12.1 Å². The summed E-state index contributed by atoms with van der Waals surface area (Å²) in [6, 6.07) is 6.67. The van der Waals surface area contributed by atoms with E-state index in [1.54, 1.807) is 29.2 Å². The van der Waals surface area contributed by atoms with Crippen LogP contribution in [0.3, 0.4) is 0 Å². The number of hydrogen-bond acceptors (Lipinski definition) is 4. The van der Waals surface area contributed by atoms with Crippen LogP contribution in [0.2, 0.25) is 0 Å². The van der Waals surface area contributed by atoms with E-state index >= 15 is 0 Å².